The highest BCUT2D eigenvalue weighted by Crippen LogP contribution is 2.29. The van der Waals surface area contributed by atoms with Crippen molar-refractivity contribution in [1.29, 1.82) is 0 Å². The van der Waals surface area contributed by atoms with Gasteiger partial charge < -0.3 is 5.32 Å². The Morgan fingerprint density at radius 3 is 2.89 bits per heavy atom. The normalized spacial score (nSPS) is 10.6. The molecule has 0 saturated heterocycles. The Labute approximate surface area is 117 Å². The van der Waals surface area contributed by atoms with Gasteiger partial charge >= 0.3 is 0 Å². The van der Waals surface area contributed by atoms with E-state index in [1.807, 2.05) is 24.3 Å². The number of benzene rings is 1. The summed E-state index contributed by atoms with van der Waals surface area (Å²) < 4.78 is 13.3. The van der Waals surface area contributed by atoms with Gasteiger partial charge in [0, 0.05) is 17.6 Å². The molecule has 0 aliphatic carbocycles. The monoisotopic (exact) mass is 276 g/mol. The molecule has 4 heteroatoms. The molecule has 2 rings (SSSR count). The largest absolute Gasteiger partial charge is 0.313 e. The molecule has 0 aliphatic rings. The molecule has 0 amide bonds. The predicted octanol–water partition coefficient (Wildman–Crippen LogP) is 3.87. The standard InChI is InChI=1S/C15H17FN2S/c1-2-8-17-11-12-10-13(16)6-7-14(12)19-15-5-3-4-9-18-15/h3-7,9-10,17H,2,8,11H2,1H3. The lowest BCUT2D eigenvalue weighted by atomic mass is 10.2. The van der Waals surface area contributed by atoms with Crippen LogP contribution in [0.1, 0.15) is 18.9 Å². The van der Waals surface area contributed by atoms with Gasteiger partial charge in [-0.3, -0.25) is 0 Å². The van der Waals surface area contributed by atoms with Crippen LogP contribution in [0.15, 0.2) is 52.5 Å². The number of halogens is 1. The molecule has 0 spiro atoms. The smallest absolute Gasteiger partial charge is 0.123 e. The van der Waals surface area contributed by atoms with E-state index in [1.54, 1.807) is 24.0 Å². The minimum Gasteiger partial charge on any atom is -0.313 e. The first-order valence-electron chi connectivity index (χ1n) is 6.37. The van der Waals surface area contributed by atoms with Crippen molar-refractivity contribution in [2.24, 2.45) is 0 Å². The Balaban J connectivity index is 2.14. The van der Waals surface area contributed by atoms with Gasteiger partial charge in [0.1, 0.15) is 10.8 Å². The van der Waals surface area contributed by atoms with E-state index in [0.29, 0.717) is 6.54 Å². The van der Waals surface area contributed by atoms with Crippen LogP contribution in [0.2, 0.25) is 0 Å². The van der Waals surface area contributed by atoms with Gasteiger partial charge in [-0.05, 0) is 48.9 Å². The molecule has 0 atom stereocenters. The van der Waals surface area contributed by atoms with Crippen LogP contribution in [-0.4, -0.2) is 11.5 Å². The van der Waals surface area contributed by atoms with Crippen molar-refractivity contribution in [1.82, 2.24) is 10.3 Å². The van der Waals surface area contributed by atoms with Gasteiger partial charge in [0.2, 0.25) is 0 Å². The second-order valence-electron chi connectivity index (χ2n) is 4.20. The highest BCUT2D eigenvalue weighted by Gasteiger charge is 2.06. The highest BCUT2D eigenvalue weighted by molar-refractivity contribution is 7.99. The van der Waals surface area contributed by atoms with E-state index in [9.17, 15) is 4.39 Å². The quantitative estimate of drug-likeness (QED) is 0.811. The van der Waals surface area contributed by atoms with Crippen LogP contribution in [0.4, 0.5) is 4.39 Å². The molecule has 0 radical (unpaired) electrons. The maximum atomic E-state index is 13.3. The number of pyridine rings is 1. The van der Waals surface area contributed by atoms with Crippen molar-refractivity contribution in [2.45, 2.75) is 29.8 Å². The van der Waals surface area contributed by atoms with E-state index < -0.39 is 0 Å². The number of aromatic nitrogens is 1. The van der Waals surface area contributed by atoms with Crippen LogP contribution >= 0.6 is 11.8 Å². The van der Waals surface area contributed by atoms with E-state index in [4.69, 9.17) is 0 Å². The Kier molecular flexibility index (Phi) is 5.36. The fourth-order valence-corrected chi connectivity index (χ4v) is 2.59. The maximum Gasteiger partial charge on any atom is 0.123 e. The summed E-state index contributed by atoms with van der Waals surface area (Å²) in [5, 5.41) is 4.23. The highest BCUT2D eigenvalue weighted by atomic mass is 32.2. The minimum atomic E-state index is -0.196. The number of rotatable bonds is 6. The molecule has 2 nitrogen and oxygen atoms in total. The zero-order valence-corrected chi connectivity index (χ0v) is 11.7. The van der Waals surface area contributed by atoms with E-state index in [-0.39, 0.29) is 5.82 Å². The van der Waals surface area contributed by atoms with Crippen LogP contribution in [0, 0.1) is 5.82 Å². The van der Waals surface area contributed by atoms with Crippen molar-refractivity contribution in [2.75, 3.05) is 6.54 Å². The van der Waals surface area contributed by atoms with E-state index in [2.05, 4.69) is 17.2 Å². The Bertz CT molecular complexity index is 517. The molecule has 1 N–H and O–H groups in total. The van der Waals surface area contributed by atoms with E-state index >= 15 is 0 Å². The third kappa shape index (κ3) is 4.33. The molecule has 1 heterocycles. The molecule has 1 aromatic heterocycles. The molecular weight excluding hydrogens is 259 g/mol. The minimum absolute atomic E-state index is 0.196. The van der Waals surface area contributed by atoms with Crippen LogP contribution < -0.4 is 5.32 Å². The molecule has 2 aromatic rings. The number of hydrogen-bond donors (Lipinski definition) is 1. The average molecular weight is 276 g/mol. The fourth-order valence-electron chi connectivity index (χ4n) is 1.71. The molecular formula is C15H17FN2S. The summed E-state index contributed by atoms with van der Waals surface area (Å²) in [6.45, 7) is 3.73. The molecule has 0 bridgehead atoms. The molecule has 19 heavy (non-hydrogen) atoms. The third-order valence-electron chi connectivity index (χ3n) is 2.62. The van der Waals surface area contributed by atoms with Gasteiger partial charge in [-0.25, -0.2) is 9.37 Å². The van der Waals surface area contributed by atoms with Gasteiger partial charge in [-0.2, -0.15) is 0 Å². The average Bonchev–Trinajstić information content (AvgIpc) is 2.43. The lowest BCUT2D eigenvalue weighted by Crippen LogP contribution is -2.14. The molecule has 0 unspecified atom stereocenters. The van der Waals surface area contributed by atoms with E-state index in [0.717, 1.165) is 28.5 Å². The van der Waals surface area contributed by atoms with Gasteiger partial charge in [-0.1, -0.05) is 24.8 Å². The second-order valence-corrected chi connectivity index (χ2v) is 5.26. The van der Waals surface area contributed by atoms with Crippen LogP contribution in [-0.2, 0) is 6.54 Å². The molecule has 1 aromatic carbocycles. The van der Waals surface area contributed by atoms with Gasteiger partial charge in [0.25, 0.3) is 0 Å². The first-order valence-corrected chi connectivity index (χ1v) is 7.19. The van der Waals surface area contributed by atoms with Gasteiger partial charge in [-0.15, -0.1) is 0 Å². The second kappa shape index (κ2) is 7.26. The summed E-state index contributed by atoms with van der Waals surface area (Å²) in [5.74, 6) is -0.196. The lowest BCUT2D eigenvalue weighted by Gasteiger charge is -2.10. The Morgan fingerprint density at radius 1 is 1.26 bits per heavy atom. The molecule has 0 saturated carbocycles. The van der Waals surface area contributed by atoms with Gasteiger partial charge in [0.15, 0.2) is 0 Å². The van der Waals surface area contributed by atoms with Gasteiger partial charge in [0.05, 0.1) is 0 Å². The lowest BCUT2D eigenvalue weighted by molar-refractivity contribution is 0.615. The summed E-state index contributed by atoms with van der Waals surface area (Å²) in [6, 6.07) is 10.7. The van der Waals surface area contributed by atoms with Crippen molar-refractivity contribution in [3.63, 3.8) is 0 Å². The maximum absolute atomic E-state index is 13.3. The molecule has 0 fully saturated rings. The van der Waals surface area contributed by atoms with Crippen molar-refractivity contribution in [3.05, 3.63) is 54.0 Å². The molecule has 0 aliphatic heterocycles. The zero-order valence-electron chi connectivity index (χ0n) is 10.9. The predicted molar refractivity (Wildman–Crippen MR) is 76.8 cm³/mol. The summed E-state index contributed by atoms with van der Waals surface area (Å²) in [6.07, 6.45) is 2.83. The summed E-state index contributed by atoms with van der Waals surface area (Å²) >= 11 is 1.56. The first-order chi connectivity index (χ1) is 9.29. The van der Waals surface area contributed by atoms with Crippen LogP contribution in [0.3, 0.4) is 0 Å². The topological polar surface area (TPSA) is 24.9 Å². The van der Waals surface area contributed by atoms with Crippen molar-refractivity contribution >= 4 is 11.8 Å². The van der Waals surface area contributed by atoms with Crippen molar-refractivity contribution < 1.29 is 4.39 Å². The number of hydrogen-bond acceptors (Lipinski definition) is 3. The number of nitrogens with zero attached hydrogens (tertiary/aromatic N) is 1. The van der Waals surface area contributed by atoms with E-state index in [1.165, 1.54) is 6.07 Å². The fraction of sp³-hybridized carbons (Fsp3) is 0.267. The first kappa shape index (κ1) is 14.0. The Hall–Kier alpha value is -1.39. The summed E-state index contributed by atoms with van der Waals surface area (Å²) in [7, 11) is 0. The van der Waals surface area contributed by atoms with Crippen LogP contribution in [0.5, 0.6) is 0 Å². The molecule has 100 valence electrons. The SMILES string of the molecule is CCCNCc1cc(F)ccc1Sc1ccccn1. The summed E-state index contributed by atoms with van der Waals surface area (Å²) in [5.41, 5.74) is 0.976. The van der Waals surface area contributed by atoms with Crippen LogP contribution in [0.25, 0.3) is 0 Å². The zero-order chi connectivity index (χ0) is 13.5. The summed E-state index contributed by atoms with van der Waals surface area (Å²) in [4.78, 5) is 5.33. The number of nitrogens with one attached hydrogen (secondary N) is 1. The van der Waals surface area contributed by atoms with Crippen molar-refractivity contribution in [3.8, 4) is 0 Å². The Morgan fingerprint density at radius 2 is 2.16 bits per heavy atom. The third-order valence-corrected chi connectivity index (χ3v) is 3.69.